The molecule has 7 nitrogen and oxygen atoms in total. The standard InChI is InChI=1S/C18H27N7S.HI/c1-19-17(22-13-16(23(2)3)15-5-12-26-14-15)24-8-10-25(11-9-24)18-20-6-4-7-21-18;/h4-7,12,14,16H,8-11,13H2,1-3H3,(H,19,22);1H. The second-order valence-electron chi connectivity index (χ2n) is 6.49. The lowest BCUT2D eigenvalue weighted by Gasteiger charge is -2.37. The van der Waals surface area contributed by atoms with Gasteiger partial charge in [-0.15, -0.1) is 24.0 Å². The summed E-state index contributed by atoms with van der Waals surface area (Å²) in [7, 11) is 6.08. The van der Waals surface area contributed by atoms with Gasteiger partial charge in [0.15, 0.2) is 5.96 Å². The van der Waals surface area contributed by atoms with Crippen LogP contribution >= 0.6 is 35.3 Å². The minimum atomic E-state index is 0. The number of hydrogen-bond acceptors (Lipinski definition) is 6. The van der Waals surface area contributed by atoms with Crippen LogP contribution < -0.4 is 10.2 Å². The maximum atomic E-state index is 4.49. The Morgan fingerprint density at radius 2 is 1.96 bits per heavy atom. The maximum Gasteiger partial charge on any atom is 0.225 e. The van der Waals surface area contributed by atoms with Crippen LogP contribution in [0.5, 0.6) is 0 Å². The van der Waals surface area contributed by atoms with Gasteiger partial charge in [-0.2, -0.15) is 11.3 Å². The van der Waals surface area contributed by atoms with Crippen molar-refractivity contribution in [3.05, 3.63) is 40.8 Å². The molecule has 1 atom stereocenters. The first-order valence-corrected chi connectivity index (χ1v) is 9.79. The second kappa shape index (κ2) is 10.8. The van der Waals surface area contributed by atoms with Crippen molar-refractivity contribution in [3.8, 4) is 0 Å². The molecule has 0 aliphatic carbocycles. The van der Waals surface area contributed by atoms with Gasteiger partial charge >= 0.3 is 0 Å². The first-order valence-electron chi connectivity index (χ1n) is 8.85. The zero-order valence-corrected chi connectivity index (χ0v) is 19.2. The molecule has 148 valence electrons. The fourth-order valence-corrected chi connectivity index (χ4v) is 3.86. The Bertz CT molecular complexity index is 685. The van der Waals surface area contributed by atoms with Crippen LogP contribution in [0.25, 0.3) is 0 Å². The average molecular weight is 501 g/mol. The van der Waals surface area contributed by atoms with Crippen LogP contribution in [-0.4, -0.2) is 79.6 Å². The molecule has 1 fully saturated rings. The van der Waals surface area contributed by atoms with Crippen molar-refractivity contribution in [3.63, 3.8) is 0 Å². The van der Waals surface area contributed by atoms with E-state index in [1.54, 1.807) is 23.7 Å². The highest BCUT2D eigenvalue weighted by Crippen LogP contribution is 2.20. The number of hydrogen-bond donors (Lipinski definition) is 1. The van der Waals surface area contributed by atoms with E-state index in [1.807, 2.05) is 13.1 Å². The molecule has 27 heavy (non-hydrogen) atoms. The van der Waals surface area contributed by atoms with Crippen LogP contribution in [0, 0.1) is 0 Å². The first kappa shape index (κ1) is 21.8. The third-order valence-corrected chi connectivity index (χ3v) is 5.33. The van der Waals surface area contributed by atoms with Crippen molar-refractivity contribution < 1.29 is 0 Å². The summed E-state index contributed by atoms with van der Waals surface area (Å²) in [5.74, 6) is 1.76. The third-order valence-electron chi connectivity index (χ3n) is 4.63. The lowest BCUT2D eigenvalue weighted by molar-refractivity contribution is 0.292. The number of nitrogens with one attached hydrogen (secondary N) is 1. The normalized spacial score (nSPS) is 16.2. The number of guanidine groups is 1. The van der Waals surface area contributed by atoms with Crippen molar-refractivity contribution in [1.82, 2.24) is 25.1 Å². The summed E-state index contributed by atoms with van der Waals surface area (Å²) < 4.78 is 0. The summed E-state index contributed by atoms with van der Waals surface area (Å²) in [5.41, 5.74) is 1.34. The summed E-state index contributed by atoms with van der Waals surface area (Å²) >= 11 is 1.74. The van der Waals surface area contributed by atoms with E-state index in [1.165, 1.54) is 5.56 Å². The largest absolute Gasteiger partial charge is 0.354 e. The van der Waals surface area contributed by atoms with E-state index in [0.29, 0.717) is 6.04 Å². The molecule has 0 saturated carbocycles. The summed E-state index contributed by atoms with van der Waals surface area (Å²) in [4.78, 5) is 19.9. The van der Waals surface area contributed by atoms with E-state index < -0.39 is 0 Å². The minimum absolute atomic E-state index is 0. The first-order chi connectivity index (χ1) is 12.7. The highest BCUT2D eigenvalue weighted by molar-refractivity contribution is 14.0. The molecule has 1 unspecified atom stereocenters. The topological polar surface area (TPSA) is 59.9 Å². The van der Waals surface area contributed by atoms with Crippen LogP contribution in [0.2, 0.25) is 0 Å². The molecule has 0 spiro atoms. The summed E-state index contributed by atoms with van der Waals surface area (Å²) in [6.07, 6.45) is 3.59. The zero-order valence-electron chi connectivity index (χ0n) is 16.1. The molecule has 0 aromatic carbocycles. The van der Waals surface area contributed by atoms with Crippen molar-refractivity contribution in [2.45, 2.75) is 6.04 Å². The fraction of sp³-hybridized carbons (Fsp3) is 0.500. The molecule has 1 saturated heterocycles. The van der Waals surface area contributed by atoms with Gasteiger partial charge in [0.05, 0.1) is 6.04 Å². The monoisotopic (exact) mass is 501 g/mol. The second-order valence-corrected chi connectivity index (χ2v) is 7.27. The number of aromatic nitrogens is 2. The molecule has 2 aromatic heterocycles. The highest BCUT2D eigenvalue weighted by atomic mass is 127. The number of aliphatic imine (C=N–C) groups is 1. The number of thiophene rings is 1. The molecular formula is C18H28IN7S. The molecule has 0 radical (unpaired) electrons. The molecule has 1 aliphatic rings. The molecule has 9 heteroatoms. The number of rotatable bonds is 5. The van der Waals surface area contributed by atoms with Crippen molar-refractivity contribution in [2.75, 3.05) is 58.8 Å². The molecule has 3 rings (SSSR count). The summed E-state index contributed by atoms with van der Waals surface area (Å²) in [6, 6.07) is 4.37. The Hall–Kier alpha value is -1.46. The number of piperazine rings is 1. The summed E-state index contributed by atoms with van der Waals surface area (Å²) in [6.45, 7) is 4.43. The van der Waals surface area contributed by atoms with Crippen molar-refractivity contribution >= 4 is 47.2 Å². The molecule has 0 bridgehead atoms. The van der Waals surface area contributed by atoms with E-state index in [0.717, 1.165) is 44.6 Å². The van der Waals surface area contributed by atoms with Crippen LogP contribution in [0.1, 0.15) is 11.6 Å². The zero-order chi connectivity index (χ0) is 18.4. The Kier molecular flexibility index (Phi) is 8.71. The Morgan fingerprint density at radius 1 is 1.26 bits per heavy atom. The molecule has 2 aromatic rings. The predicted molar refractivity (Wildman–Crippen MR) is 123 cm³/mol. The van der Waals surface area contributed by atoms with Crippen LogP contribution in [0.4, 0.5) is 5.95 Å². The van der Waals surface area contributed by atoms with E-state index >= 15 is 0 Å². The third kappa shape index (κ3) is 5.76. The fourth-order valence-electron chi connectivity index (χ4n) is 3.16. The van der Waals surface area contributed by atoms with Gasteiger partial charge in [0, 0.05) is 52.2 Å². The van der Waals surface area contributed by atoms with Crippen LogP contribution in [-0.2, 0) is 0 Å². The Balaban J connectivity index is 0.00000261. The number of likely N-dealkylation sites (N-methyl/N-ethyl adjacent to an activating group) is 1. The molecular weight excluding hydrogens is 473 g/mol. The highest BCUT2D eigenvalue weighted by Gasteiger charge is 2.22. The molecule has 0 amide bonds. The number of anilines is 1. The Morgan fingerprint density at radius 3 is 2.52 bits per heavy atom. The quantitative estimate of drug-likeness (QED) is 0.385. The van der Waals surface area contributed by atoms with E-state index in [2.05, 4.69) is 65.9 Å². The van der Waals surface area contributed by atoms with Crippen molar-refractivity contribution in [2.24, 2.45) is 4.99 Å². The van der Waals surface area contributed by atoms with Crippen molar-refractivity contribution in [1.29, 1.82) is 0 Å². The van der Waals surface area contributed by atoms with Gasteiger partial charge in [-0.1, -0.05) is 0 Å². The smallest absolute Gasteiger partial charge is 0.225 e. The van der Waals surface area contributed by atoms with E-state index in [-0.39, 0.29) is 24.0 Å². The van der Waals surface area contributed by atoms with Gasteiger partial charge < -0.3 is 20.0 Å². The predicted octanol–water partition coefficient (Wildman–Crippen LogP) is 2.16. The van der Waals surface area contributed by atoms with Gasteiger partial charge in [0.1, 0.15) is 0 Å². The van der Waals surface area contributed by atoms with Crippen LogP contribution in [0.3, 0.4) is 0 Å². The minimum Gasteiger partial charge on any atom is -0.354 e. The lowest BCUT2D eigenvalue weighted by atomic mass is 10.1. The maximum absolute atomic E-state index is 4.49. The van der Waals surface area contributed by atoms with E-state index in [9.17, 15) is 0 Å². The van der Waals surface area contributed by atoms with Gasteiger partial charge in [0.2, 0.25) is 5.95 Å². The number of nitrogens with zero attached hydrogens (tertiary/aromatic N) is 6. The van der Waals surface area contributed by atoms with Gasteiger partial charge in [-0.05, 0) is 42.6 Å². The lowest BCUT2D eigenvalue weighted by Crippen LogP contribution is -2.53. The molecule has 3 heterocycles. The van der Waals surface area contributed by atoms with Gasteiger partial charge in [-0.25, -0.2) is 9.97 Å². The van der Waals surface area contributed by atoms with Crippen LogP contribution in [0.15, 0.2) is 40.3 Å². The number of halogens is 1. The van der Waals surface area contributed by atoms with E-state index in [4.69, 9.17) is 0 Å². The van der Waals surface area contributed by atoms with Gasteiger partial charge in [0.25, 0.3) is 0 Å². The Labute approximate surface area is 182 Å². The summed E-state index contributed by atoms with van der Waals surface area (Å²) in [5, 5.41) is 7.90. The van der Waals surface area contributed by atoms with Gasteiger partial charge in [-0.3, -0.25) is 4.99 Å². The average Bonchev–Trinajstić information content (AvgIpc) is 3.20. The molecule has 1 aliphatic heterocycles. The molecule has 1 N–H and O–H groups in total. The SMILES string of the molecule is CN=C(NCC(c1ccsc1)N(C)C)N1CCN(c2ncccn2)CC1.I.